The second-order valence-electron chi connectivity index (χ2n) is 7.69. The van der Waals surface area contributed by atoms with Crippen molar-refractivity contribution < 1.29 is 5.21 Å². The first-order valence-electron chi connectivity index (χ1n) is 10.5. The molecular weight excluding hydrogens is 324 g/mol. The van der Waals surface area contributed by atoms with Crippen LogP contribution in [0.25, 0.3) is 0 Å². The Kier molecular flexibility index (Phi) is 7.74. The highest BCUT2D eigenvalue weighted by atomic mass is 16.4. The van der Waals surface area contributed by atoms with E-state index >= 15 is 0 Å². The summed E-state index contributed by atoms with van der Waals surface area (Å²) >= 11 is 0. The standard InChI is InChI=1S/C21H34N4O/c26-23-19-11-7-5-3-1-2-4-6-8-12-20(19)24-15-17-25(18-16-24)21-13-9-10-14-22-21/h9-10,13-14,20,26H,1-8,11-12,15-18H2/b23-19-/t20-/m0/s1. The van der Waals surface area contributed by atoms with Crippen molar-refractivity contribution in [1.82, 2.24) is 9.88 Å². The minimum absolute atomic E-state index is 0.310. The van der Waals surface area contributed by atoms with Crippen molar-refractivity contribution in [2.75, 3.05) is 31.1 Å². The summed E-state index contributed by atoms with van der Waals surface area (Å²) in [5, 5.41) is 13.4. The number of hydrogen-bond acceptors (Lipinski definition) is 5. The van der Waals surface area contributed by atoms with Gasteiger partial charge in [-0.05, 0) is 31.4 Å². The summed E-state index contributed by atoms with van der Waals surface area (Å²) in [4.78, 5) is 9.39. The molecule has 5 nitrogen and oxygen atoms in total. The zero-order valence-electron chi connectivity index (χ0n) is 16.0. The van der Waals surface area contributed by atoms with Gasteiger partial charge in [-0.15, -0.1) is 0 Å². The smallest absolute Gasteiger partial charge is 0.128 e. The molecule has 3 rings (SSSR count). The van der Waals surface area contributed by atoms with Crippen molar-refractivity contribution in [3.05, 3.63) is 24.4 Å². The van der Waals surface area contributed by atoms with Gasteiger partial charge in [0.05, 0.1) is 11.8 Å². The summed E-state index contributed by atoms with van der Waals surface area (Å²) in [6, 6.07) is 6.42. The quantitative estimate of drug-likeness (QED) is 0.632. The fourth-order valence-corrected chi connectivity index (χ4v) is 4.35. The molecule has 5 heteroatoms. The SMILES string of the molecule is O/N=C1/CCCCCCCCCC[C@@H]1N1CCN(c2ccccn2)CC1. The first-order chi connectivity index (χ1) is 12.9. The Morgan fingerprint density at radius 3 is 2.23 bits per heavy atom. The number of piperazine rings is 1. The maximum Gasteiger partial charge on any atom is 0.128 e. The Morgan fingerprint density at radius 1 is 0.885 bits per heavy atom. The van der Waals surface area contributed by atoms with E-state index in [4.69, 9.17) is 0 Å². The Labute approximate surface area is 158 Å². The van der Waals surface area contributed by atoms with E-state index in [9.17, 15) is 5.21 Å². The lowest BCUT2D eigenvalue weighted by molar-refractivity contribution is 0.207. The Morgan fingerprint density at radius 2 is 1.58 bits per heavy atom. The fraction of sp³-hybridized carbons (Fsp3) is 0.714. The van der Waals surface area contributed by atoms with Crippen LogP contribution in [0.15, 0.2) is 29.6 Å². The van der Waals surface area contributed by atoms with Gasteiger partial charge >= 0.3 is 0 Å². The minimum Gasteiger partial charge on any atom is -0.411 e. The number of oxime groups is 1. The summed E-state index contributed by atoms with van der Waals surface area (Å²) < 4.78 is 0. The normalized spacial score (nSPS) is 26.2. The number of nitrogens with zero attached hydrogens (tertiary/aromatic N) is 4. The molecule has 1 saturated carbocycles. The zero-order chi connectivity index (χ0) is 18.0. The van der Waals surface area contributed by atoms with Crippen LogP contribution in [-0.4, -0.2) is 53.0 Å². The predicted molar refractivity (Wildman–Crippen MR) is 107 cm³/mol. The molecule has 1 atom stereocenters. The molecule has 2 fully saturated rings. The van der Waals surface area contributed by atoms with Gasteiger partial charge in [0.1, 0.15) is 5.82 Å². The average molecular weight is 359 g/mol. The molecule has 0 bridgehead atoms. The van der Waals surface area contributed by atoms with Gasteiger partial charge in [0.2, 0.25) is 0 Å². The first-order valence-corrected chi connectivity index (χ1v) is 10.5. The van der Waals surface area contributed by atoms with Crippen LogP contribution < -0.4 is 4.90 Å². The van der Waals surface area contributed by atoms with Crippen molar-refractivity contribution in [2.24, 2.45) is 5.16 Å². The first kappa shape index (κ1) is 19.2. The van der Waals surface area contributed by atoms with Gasteiger partial charge < -0.3 is 10.1 Å². The average Bonchev–Trinajstić information content (AvgIpc) is 2.69. The van der Waals surface area contributed by atoms with E-state index in [0.29, 0.717) is 6.04 Å². The summed E-state index contributed by atoms with van der Waals surface area (Å²) in [6.45, 7) is 4.01. The van der Waals surface area contributed by atoms with E-state index in [-0.39, 0.29) is 0 Å². The highest BCUT2D eigenvalue weighted by Crippen LogP contribution is 2.21. The lowest BCUT2D eigenvalue weighted by atomic mass is 9.95. The zero-order valence-corrected chi connectivity index (χ0v) is 16.0. The summed E-state index contributed by atoms with van der Waals surface area (Å²) in [6.07, 6.45) is 14.3. The molecule has 1 aromatic rings. The maximum atomic E-state index is 9.67. The fourth-order valence-electron chi connectivity index (χ4n) is 4.35. The second kappa shape index (κ2) is 10.5. The van der Waals surface area contributed by atoms with E-state index < -0.39 is 0 Å². The van der Waals surface area contributed by atoms with E-state index in [0.717, 1.165) is 57.0 Å². The molecule has 0 radical (unpaired) electrons. The van der Waals surface area contributed by atoms with Crippen LogP contribution in [0, 0.1) is 0 Å². The third-order valence-electron chi connectivity index (χ3n) is 5.90. The van der Waals surface area contributed by atoms with Crippen molar-refractivity contribution in [3.8, 4) is 0 Å². The maximum absolute atomic E-state index is 9.67. The van der Waals surface area contributed by atoms with Gasteiger partial charge in [-0.3, -0.25) is 4.90 Å². The molecule has 0 aromatic carbocycles. The molecule has 1 aliphatic heterocycles. The van der Waals surface area contributed by atoms with Crippen LogP contribution in [0.2, 0.25) is 0 Å². The molecule has 2 heterocycles. The summed E-state index contributed by atoms with van der Waals surface area (Å²) in [5.41, 5.74) is 1.01. The summed E-state index contributed by atoms with van der Waals surface area (Å²) in [7, 11) is 0. The molecule has 1 aromatic heterocycles. The van der Waals surface area contributed by atoms with Crippen molar-refractivity contribution in [3.63, 3.8) is 0 Å². The molecule has 0 spiro atoms. The van der Waals surface area contributed by atoms with Crippen LogP contribution in [0.1, 0.15) is 64.2 Å². The van der Waals surface area contributed by atoms with E-state index in [2.05, 4.69) is 32.1 Å². The minimum atomic E-state index is 0.310. The van der Waals surface area contributed by atoms with Gasteiger partial charge in [0.25, 0.3) is 0 Å². The number of anilines is 1. The lowest BCUT2D eigenvalue weighted by Gasteiger charge is -2.40. The third-order valence-corrected chi connectivity index (χ3v) is 5.90. The van der Waals surface area contributed by atoms with Gasteiger partial charge in [0, 0.05) is 32.4 Å². The molecule has 1 saturated heterocycles. The number of hydrogen-bond donors (Lipinski definition) is 1. The van der Waals surface area contributed by atoms with Crippen molar-refractivity contribution in [2.45, 2.75) is 70.3 Å². The molecule has 2 aliphatic rings. The van der Waals surface area contributed by atoms with Crippen LogP contribution >= 0.6 is 0 Å². The Bertz CT molecular complexity index is 540. The molecular formula is C21H34N4O. The van der Waals surface area contributed by atoms with Gasteiger partial charge in [0.15, 0.2) is 0 Å². The molecule has 0 amide bonds. The van der Waals surface area contributed by atoms with Crippen LogP contribution in [-0.2, 0) is 0 Å². The van der Waals surface area contributed by atoms with Crippen LogP contribution in [0.5, 0.6) is 0 Å². The van der Waals surface area contributed by atoms with Crippen molar-refractivity contribution >= 4 is 11.5 Å². The number of rotatable bonds is 2. The monoisotopic (exact) mass is 358 g/mol. The molecule has 1 N–H and O–H groups in total. The number of pyridine rings is 1. The third kappa shape index (κ3) is 5.44. The highest BCUT2D eigenvalue weighted by molar-refractivity contribution is 5.89. The Hall–Kier alpha value is -1.62. The van der Waals surface area contributed by atoms with E-state index in [1.54, 1.807) is 0 Å². The van der Waals surface area contributed by atoms with E-state index in [1.807, 2.05) is 12.3 Å². The molecule has 0 unspecified atom stereocenters. The summed E-state index contributed by atoms with van der Waals surface area (Å²) in [5.74, 6) is 1.07. The van der Waals surface area contributed by atoms with Gasteiger partial charge in [-0.25, -0.2) is 4.98 Å². The topological polar surface area (TPSA) is 52.0 Å². The van der Waals surface area contributed by atoms with Gasteiger partial charge in [-0.1, -0.05) is 56.2 Å². The largest absolute Gasteiger partial charge is 0.411 e. The van der Waals surface area contributed by atoms with Crippen LogP contribution in [0.3, 0.4) is 0 Å². The van der Waals surface area contributed by atoms with Crippen molar-refractivity contribution in [1.29, 1.82) is 0 Å². The van der Waals surface area contributed by atoms with Crippen LogP contribution in [0.4, 0.5) is 5.82 Å². The number of aromatic nitrogens is 1. The predicted octanol–water partition coefficient (Wildman–Crippen LogP) is 4.32. The molecule has 26 heavy (non-hydrogen) atoms. The van der Waals surface area contributed by atoms with E-state index in [1.165, 1.54) is 44.9 Å². The Balaban J connectivity index is 1.60. The molecule has 1 aliphatic carbocycles. The second-order valence-corrected chi connectivity index (χ2v) is 7.69. The van der Waals surface area contributed by atoms with Gasteiger partial charge in [-0.2, -0.15) is 0 Å². The lowest BCUT2D eigenvalue weighted by Crippen LogP contribution is -2.53. The highest BCUT2D eigenvalue weighted by Gasteiger charge is 2.28. The molecule has 144 valence electrons.